The van der Waals surface area contributed by atoms with Crippen molar-refractivity contribution in [2.75, 3.05) is 33.4 Å². The number of ether oxygens (including phenoxy) is 2. The van der Waals surface area contributed by atoms with E-state index in [0.29, 0.717) is 18.9 Å². The Bertz CT molecular complexity index is 913. The molecule has 0 spiro atoms. The Hall–Kier alpha value is -3.06. The SMILES string of the molecule is CN=C(NCc1cccc(OCC(N)=O)c1)N1CCOC(c2ccc(C)cc2C)C1. The van der Waals surface area contributed by atoms with Crippen molar-refractivity contribution < 1.29 is 14.3 Å². The molecule has 1 aliphatic heterocycles. The van der Waals surface area contributed by atoms with E-state index in [4.69, 9.17) is 15.2 Å². The molecule has 7 heteroatoms. The molecule has 3 rings (SSSR count). The Labute approximate surface area is 177 Å². The molecular formula is C23H30N4O3. The molecule has 160 valence electrons. The predicted molar refractivity (Wildman–Crippen MR) is 118 cm³/mol. The van der Waals surface area contributed by atoms with E-state index in [1.807, 2.05) is 18.2 Å². The highest BCUT2D eigenvalue weighted by atomic mass is 16.5. The Morgan fingerprint density at radius 1 is 1.30 bits per heavy atom. The standard InChI is InChI=1S/C23H30N4O3/c1-16-7-8-20(17(2)11-16)21-14-27(9-10-29-21)23(25-3)26-13-18-5-4-6-19(12-18)30-15-22(24)28/h4-8,11-12,21H,9-10,13-15H2,1-3H3,(H2,24,28)(H,25,26). The number of nitrogens with zero attached hydrogens (tertiary/aromatic N) is 2. The van der Waals surface area contributed by atoms with Crippen LogP contribution in [0.25, 0.3) is 0 Å². The van der Waals surface area contributed by atoms with E-state index < -0.39 is 5.91 Å². The number of aryl methyl sites for hydroxylation is 2. The van der Waals surface area contributed by atoms with Crippen LogP contribution in [0.1, 0.15) is 28.4 Å². The largest absolute Gasteiger partial charge is 0.484 e. The highest BCUT2D eigenvalue weighted by Crippen LogP contribution is 2.26. The smallest absolute Gasteiger partial charge is 0.255 e. The van der Waals surface area contributed by atoms with Crippen LogP contribution in [0.15, 0.2) is 47.5 Å². The van der Waals surface area contributed by atoms with Crippen molar-refractivity contribution in [2.24, 2.45) is 10.7 Å². The fourth-order valence-corrected chi connectivity index (χ4v) is 3.63. The number of carbonyl (C=O) groups is 1. The number of rotatable bonds is 6. The van der Waals surface area contributed by atoms with Gasteiger partial charge in [0.1, 0.15) is 11.9 Å². The van der Waals surface area contributed by atoms with Gasteiger partial charge >= 0.3 is 0 Å². The van der Waals surface area contributed by atoms with E-state index in [0.717, 1.165) is 24.6 Å². The van der Waals surface area contributed by atoms with Crippen molar-refractivity contribution in [2.45, 2.75) is 26.5 Å². The fraction of sp³-hybridized carbons (Fsp3) is 0.391. The highest BCUT2D eigenvalue weighted by molar-refractivity contribution is 5.80. The lowest BCUT2D eigenvalue weighted by Crippen LogP contribution is -2.48. The monoisotopic (exact) mass is 410 g/mol. The van der Waals surface area contributed by atoms with Gasteiger partial charge < -0.3 is 25.4 Å². The Balaban J connectivity index is 1.62. The molecule has 2 aromatic rings. The number of hydrogen-bond acceptors (Lipinski definition) is 4. The number of nitrogens with one attached hydrogen (secondary N) is 1. The van der Waals surface area contributed by atoms with Gasteiger partial charge in [-0.05, 0) is 42.7 Å². The van der Waals surface area contributed by atoms with Crippen molar-refractivity contribution in [1.82, 2.24) is 10.2 Å². The van der Waals surface area contributed by atoms with Crippen LogP contribution in [0.4, 0.5) is 0 Å². The van der Waals surface area contributed by atoms with Gasteiger partial charge in [0.15, 0.2) is 12.6 Å². The zero-order chi connectivity index (χ0) is 21.5. The molecule has 1 atom stereocenters. The van der Waals surface area contributed by atoms with Crippen LogP contribution in [0.5, 0.6) is 5.75 Å². The Morgan fingerprint density at radius 3 is 2.87 bits per heavy atom. The minimum absolute atomic E-state index is 0.0171. The molecule has 0 radical (unpaired) electrons. The fourth-order valence-electron chi connectivity index (χ4n) is 3.63. The zero-order valence-electron chi connectivity index (χ0n) is 17.9. The van der Waals surface area contributed by atoms with E-state index in [2.05, 4.69) is 47.3 Å². The number of guanidine groups is 1. The van der Waals surface area contributed by atoms with Gasteiger partial charge in [0.25, 0.3) is 5.91 Å². The number of primary amides is 1. The normalized spacial score (nSPS) is 17.0. The molecule has 30 heavy (non-hydrogen) atoms. The summed E-state index contributed by atoms with van der Waals surface area (Å²) in [5.41, 5.74) is 9.89. The first kappa shape index (κ1) is 21.6. The van der Waals surface area contributed by atoms with E-state index >= 15 is 0 Å². The summed E-state index contributed by atoms with van der Waals surface area (Å²) in [6, 6.07) is 14.1. The van der Waals surface area contributed by atoms with Crippen molar-refractivity contribution in [1.29, 1.82) is 0 Å². The number of carbonyl (C=O) groups excluding carboxylic acids is 1. The van der Waals surface area contributed by atoms with Crippen LogP contribution in [0.3, 0.4) is 0 Å². The van der Waals surface area contributed by atoms with E-state index in [1.165, 1.54) is 16.7 Å². The molecule has 0 aliphatic carbocycles. The summed E-state index contributed by atoms with van der Waals surface area (Å²) in [6.07, 6.45) is 0.0171. The molecule has 3 N–H and O–H groups in total. The number of hydrogen-bond donors (Lipinski definition) is 2. The zero-order valence-corrected chi connectivity index (χ0v) is 17.9. The molecule has 7 nitrogen and oxygen atoms in total. The Kier molecular flexibility index (Phi) is 7.30. The quantitative estimate of drug-likeness (QED) is 0.564. The van der Waals surface area contributed by atoms with E-state index in [-0.39, 0.29) is 12.7 Å². The summed E-state index contributed by atoms with van der Waals surface area (Å²) in [6.45, 7) is 6.86. The minimum Gasteiger partial charge on any atom is -0.484 e. The van der Waals surface area contributed by atoms with Gasteiger partial charge in [-0.25, -0.2) is 0 Å². The number of aliphatic imine (C=N–C) groups is 1. The molecular weight excluding hydrogens is 380 g/mol. The lowest BCUT2D eigenvalue weighted by molar-refractivity contribution is -0.119. The summed E-state index contributed by atoms with van der Waals surface area (Å²) in [5.74, 6) is 0.950. The summed E-state index contributed by atoms with van der Waals surface area (Å²) in [5, 5.41) is 3.42. The van der Waals surface area contributed by atoms with Crippen LogP contribution < -0.4 is 15.8 Å². The number of benzene rings is 2. The van der Waals surface area contributed by atoms with Crippen molar-refractivity contribution in [3.05, 3.63) is 64.7 Å². The second-order valence-corrected chi connectivity index (χ2v) is 7.47. The summed E-state index contributed by atoms with van der Waals surface area (Å²) >= 11 is 0. The average molecular weight is 411 g/mol. The van der Waals surface area contributed by atoms with Crippen molar-refractivity contribution in [3.8, 4) is 5.75 Å². The predicted octanol–water partition coefficient (Wildman–Crippen LogP) is 2.32. The second kappa shape index (κ2) is 10.1. The molecule has 1 amide bonds. The molecule has 1 unspecified atom stereocenters. The van der Waals surface area contributed by atoms with Gasteiger partial charge in [0.2, 0.25) is 0 Å². The molecule has 1 saturated heterocycles. The molecule has 0 saturated carbocycles. The maximum atomic E-state index is 10.9. The van der Waals surface area contributed by atoms with Gasteiger partial charge in [0, 0.05) is 20.1 Å². The van der Waals surface area contributed by atoms with E-state index in [1.54, 1.807) is 13.1 Å². The lowest BCUT2D eigenvalue weighted by atomic mass is 10.00. The minimum atomic E-state index is -0.496. The number of nitrogens with two attached hydrogens (primary N) is 1. The third-order valence-electron chi connectivity index (χ3n) is 5.08. The van der Waals surface area contributed by atoms with Gasteiger partial charge in [-0.1, -0.05) is 35.9 Å². The molecule has 0 bridgehead atoms. The Morgan fingerprint density at radius 2 is 2.13 bits per heavy atom. The maximum Gasteiger partial charge on any atom is 0.255 e. The molecule has 2 aromatic carbocycles. The van der Waals surface area contributed by atoms with Gasteiger partial charge in [-0.2, -0.15) is 0 Å². The lowest BCUT2D eigenvalue weighted by Gasteiger charge is -2.36. The van der Waals surface area contributed by atoms with Crippen LogP contribution >= 0.6 is 0 Å². The van der Waals surface area contributed by atoms with E-state index in [9.17, 15) is 4.79 Å². The molecule has 1 aliphatic rings. The number of amides is 1. The van der Waals surface area contributed by atoms with Crippen LogP contribution in [-0.4, -0.2) is 50.1 Å². The molecule has 1 heterocycles. The van der Waals surface area contributed by atoms with Crippen LogP contribution in [-0.2, 0) is 16.1 Å². The first-order valence-corrected chi connectivity index (χ1v) is 10.1. The summed E-state index contributed by atoms with van der Waals surface area (Å²) in [4.78, 5) is 17.6. The van der Waals surface area contributed by atoms with Gasteiger partial charge in [-0.15, -0.1) is 0 Å². The van der Waals surface area contributed by atoms with Crippen molar-refractivity contribution in [3.63, 3.8) is 0 Å². The first-order chi connectivity index (χ1) is 14.5. The molecule has 1 fully saturated rings. The molecule has 0 aromatic heterocycles. The third-order valence-corrected chi connectivity index (χ3v) is 5.08. The van der Waals surface area contributed by atoms with Crippen LogP contribution in [0.2, 0.25) is 0 Å². The third kappa shape index (κ3) is 5.73. The summed E-state index contributed by atoms with van der Waals surface area (Å²) < 4.78 is 11.4. The topological polar surface area (TPSA) is 89.2 Å². The maximum absolute atomic E-state index is 10.9. The second-order valence-electron chi connectivity index (χ2n) is 7.47. The summed E-state index contributed by atoms with van der Waals surface area (Å²) in [7, 11) is 1.79. The van der Waals surface area contributed by atoms with Crippen LogP contribution in [0, 0.1) is 13.8 Å². The first-order valence-electron chi connectivity index (χ1n) is 10.1. The van der Waals surface area contributed by atoms with Gasteiger partial charge in [0.05, 0.1) is 13.2 Å². The van der Waals surface area contributed by atoms with Crippen molar-refractivity contribution >= 4 is 11.9 Å². The highest BCUT2D eigenvalue weighted by Gasteiger charge is 2.25. The van der Waals surface area contributed by atoms with Gasteiger partial charge in [-0.3, -0.25) is 9.79 Å². The average Bonchev–Trinajstić information content (AvgIpc) is 2.73. The number of morpholine rings is 1.